The van der Waals surface area contributed by atoms with Crippen LogP contribution in [0.3, 0.4) is 0 Å². The summed E-state index contributed by atoms with van der Waals surface area (Å²) in [6, 6.07) is 0.675. The van der Waals surface area contributed by atoms with E-state index in [1.165, 1.54) is 0 Å². The van der Waals surface area contributed by atoms with Crippen molar-refractivity contribution in [3.05, 3.63) is 23.3 Å². The molecule has 0 saturated carbocycles. The van der Waals surface area contributed by atoms with Crippen LogP contribution in [0, 0.1) is 13.8 Å². The number of carbonyl (C=O) groups excluding carboxylic acids is 4. The van der Waals surface area contributed by atoms with Crippen molar-refractivity contribution in [1.29, 1.82) is 0 Å². The number of hydrogen-bond acceptors (Lipinski definition) is 8. The van der Waals surface area contributed by atoms with E-state index in [9.17, 15) is 34.5 Å². The number of fused-ring (bicyclic) bond motifs is 1. The summed E-state index contributed by atoms with van der Waals surface area (Å²) in [6.45, 7) is 3.10. The third-order valence-corrected chi connectivity index (χ3v) is 4.48. The largest absolute Gasteiger partial charge is 0.388 e. The molecule has 0 bridgehead atoms. The van der Waals surface area contributed by atoms with Crippen molar-refractivity contribution in [2.75, 3.05) is 16.8 Å². The van der Waals surface area contributed by atoms with Gasteiger partial charge in [0.25, 0.3) is 11.8 Å². The van der Waals surface area contributed by atoms with Crippen LogP contribution in [0.1, 0.15) is 11.1 Å². The van der Waals surface area contributed by atoms with Gasteiger partial charge < -0.3 is 36.1 Å². The summed E-state index contributed by atoms with van der Waals surface area (Å²) in [4.78, 5) is 47.6. The minimum Gasteiger partial charge on any atom is -0.388 e. The van der Waals surface area contributed by atoms with Crippen LogP contribution in [0.15, 0.2) is 12.1 Å². The molecule has 4 unspecified atom stereocenters. The fourth-order valence-electron chi connectivity index (χ4n) is 2.79. The number of aliphatic hydroxyl groups excluding tert-OH is 3. The number of amides is 4. The quantitative estimate of drug-likeness (QED) is 0.234. The van der Waals surface area contributed by atoms with Gasteiger partial charge in [0.2, 0.25) is 0 Å². The van der Waals surface area contributed by atoms with E-state index in [0.29, 0.717) is 11.4 Å². The van der Waals surface area contributed by atoms with Crippen LogP contribution < -0.4 is 21.3 Å². The molecular weight excluding hydrogens is 372 g/mol. The van der Waals surface area contributed by atoms with E-state index in [4.69, 9.17) is 5.73 Å². The Bertz CT molecular complexity index is 813. The van der Waals surface area contributed by atoms with Crippen LogP contribution in [0.5, 0.6) is 0 Å². The van der Waals surface area contributed by atoms with Gasteiger partial charge in [-0.25, -0.2) is 4.79 Å². The highest BCUT2D eigenvalue weighted by atomic mass is 16.4. The maximum Gasteiger partial charge on any atom is 0.318 e. The van der Waals surface area contributed by atoms with Gasteiger partial charge in [-0.05, 0) is 37.1 Å². The molecule has 1 aromatic rings. The van der Waals surface area contributed by atoms with Crippen LogP contribution in [0.4, 0.5) is 16.2 Å². The van der Waals surface area contributed by atoms with Crippen LogP contribution >= 0.6 is 0 Å². The number of aldehydes is 1. The number of nitrogens with zero attached hydrogens (tertiary/aromatic N) is 1. The number of primary amides is 1. The molecule has 4 atom stereocenters. The average molecular weight is 394 g/mol. The number of nitrogens with one attached hydrogen (secondary N) is 2. The van der Waals surface area contributed by atoms with Gasteiger partial charge in [-0.1, -0.05) is 0 Å². The monoisotopic (exact) mass is 394 g/mol. The number of β-amino-alcohol motifs (C(OH)–C–C–N with tert-alkyl or cyclic N) is 1. The molecule has 2 rings (SSSR count). The standard InChI is InChI=1S/C17H22N4O7/c1-7-3-9-10(4-8(7)2)21(5-11(23)14(25)12(24)6-22)16(27)13(19-9)15(26)20-17(18)28/h3-4,6,11-14,19,23-25H,5H2,1-2H3,(H3,18,20,26,28). The van der Waals surface area contributed by atoms with Gasteiger partial charge in [-0.15, -0.1) is 0 Å². The lowest BCUT2D eigenvalue weighted by molar-refractivity contribution is -0.129. The summed E-state index contributed by atoms with van der Waals surface area (Å²) in [5.41, 5.74) is 7.31. The van der Waals surface area contributed by atoms with Crippen molar-refractivity contribution >= 4 is 35.5 Å². The fraction of sp³-hybridized carbons (Fsp3) is 0.412. The minimum atomic E-state index is -1.85. The second-order valence-electron chi connectivity index (χ2n) is 6.52. The SMILES string of the molecule is Cc1cc2c(cc1C)N(CC(O)C(O)C(O)C=O)C(=O)C(C(=O)NC(N)=O)N2. The Morgan fingerprint density at radius 3 is 2.46 bits per heavy atom. The summed E-state index contributed by atoms with van der Waals surface area (Å²) in [6.07, 6.45) is -5.32. The van der Waals surface area contributed by atoms with Crippen LogP contribution in [0.2, 0.25) is 0 Å². The Labute approximate surface area is 160 Å². The Kier molecular flexibility index (Phi) is 6.33. The number of hydrogen-bond donors (Lipinski definition) is 6. The van der Waals surface area contributed by atoms with Crippen molar-refractivity contribution < 1.29 is 34.5 Å². The molecule has 0 aliphatic carbocycles. The summed E-state index contributed by atoms with van der Waals surface area (Å²) in [7, 11) is 0. The van der Waals surface area contributed by atoms with Gasteiger partial charge in [-0.3, -0.25) is 14.9 Å². The number of carbonyl (C=O) groups is 4. The van der Waals surface area contributed by atoms with E-state index in [-0.39, 0.29) is 6.29 Å². The van der Waals surface area contributed by atoms with Gasteiger partial charge in [0.1, 0.15) is 18.3 Å². The fourth-order valence-corrected chi connectivity index (χ4v) is 2.79. The molecule has 7 N–H and O–H groups in total. The molecule has 152 valence electrons. The lowest BCUT2D eigenvalue weighted by atomic mass is 10.0. The molecule has 0 aromatic heterocycles. The van der Waals surface area contributed by atoms with Crippen molar-refractivity contribution in [3.63, 3.8) is 0 Å². The Hall–Kier alpha value is -3.02. The highest BCUT2D eigenvalue weighted by Crippen LogP contribution is 2.34. The molecule has 1 aliphatic rings. The zero-order chi connectivity index (χ0) is 21.2. The van der Waals surface area contributed by atoms with Gasteiger partial charge >= 0.3 is 6.03 Å². The second-order valence-corrected chi connectivity index (χ2v) is 6.52. The summed E-state index contributed by atoms with van der Waals surface area (Å²) >= 11 is 0. The third-order valence-electron chi connectivity index (χ3n) is 4.48. The summed E-state index contributed by atoms with van der Waals surface area (Å²) in [5, 5.41) is 33.9. The zero-order valence-electron chi connectivity index (χ0n) is 15.2. The molecule has 0 radical (unpaired) electrons. The highest BCUT2D eigenvalue weighted by molar-refractivity contribution is 6.19. The lowest BCUT2D eigenvalue weighted by Gasteiger charge is -2.37. The number of benzene rings is 1. The normalized spacial score (nSPS) is 19.1. The van der Waals surface area contributed by atoms with E-state index < -0.39 is 48.7 Å². The maximum absolute atomic E-state index is 12.8. The molecular formula is C17H22N4O7. The van der Waals surface area contributed by atoms with Gasteiger partial charge in [0.05, 0.1) is 17.9 Å². The molecule has 0 spiro atoms. The highest BCUT2D eigenvalue weighted by Gasteiger charge is 2.40. The van der Waals surface area contributed by atoms with Crippen molar-refractivity contribution in [3.8, 4) is 0 Å². The van der Waals surface area contributed by atoms with E-state index in [0.717, 1.165) is 16.0 Å². The minimum absolute atomic E-state index is 0.0536. The predicted molar refractivity (Wildman–Crippen MR) is 97.5 cm³/mol. The Morgan fingerprint density at radius 1 is 1.29 bits per heavy atom. The molecule has 28 heavy (non-hydrogen) atoms. The van der Waals surface area contributed by atoms with E-state index in [1.807, 2.05) is 12.2 Å². The molecule has 11 heteroatoms. The summed E-state index contributed by atoms with van der Waals surface area (Å²) < 4.78 is 0. The number of urea groups is 1. The van der Waals surface area contributed by atoms with Crippen molar-refractivity contribution in [2.24, 2.45) is 5.73 Å². The van der Waals surface area contributed by atoms with E-state index >= 15 is 0 Å². The number of aryl methyl sites for hydroxylation is 2. The van der Waals surface area contributed by atoms with Gasteiger partial charge in [0.15, 0.2) is 12.3 Å². The summed E-state index contributed by atoms with van der Waals surface area (Å²) in [5.74, 6) is -1.81. The average Bonchev–Trinajstić information content (AvgIpc) is 2.63. The first kappa shape index (κ1) is 21.3. The van der Waals surface area contributed by atoms with Crippen LogP contribution in [0.25, 0.3) is 0 Å². The van der Waals surface area contributed by atoms with Gasteiger partial charge in [-0.2, -0.15) is 0 Å². The first-order valence-corrected chi connectivity index (χ1v) is 8.35. The Morgan fingerprint density at radius 2 is 1.89 bits per heavy atom. The molecule has 1 aromatic carbocycles. The molecule has 0 saturated heterocycles. The first-order chi connectivity index (χ1) is 13.1. The zero-order valence-corrected chi connectivity index (χ0v) is 15.2. The number of nitrogens with two attached hydrogens (primary N) is 1. The molecule has 4 amide bonds. The third kappa shape index (κ3) is 4.27. The molecule has 1 aliphatic heterocycles. The maximum atomic E-state index is 12.8. The number of rotatable bonds is 6. The molecule has 0 fully saturated rings. The van der Waals surface area contributed by atoms with Crippen molar-refractivity contribution in [2.45, 2.75) is 38.2 Å². The Balaban J connectivity index is 2.42. The van der Waals surface area contributed by atoms with E-state index in [1.54, 1.807) is 19.1 Å². The van der Waals surface area contributed by atoms with Gasteiger partial charge in [0, 0.05) is 0 Å². The van der Waals surface area contributed by atoms with Crippen molar-refractivity contribution in [1.82, 2.24) is 5.32 Å². The second kappa shape index (κ2) is 8.33. The smallest absolute Gasteiger partial charge is 0.318 e. The van der Waals surface area contributed by atoms with Crippen LogP contribution in [-0.2, 0) is 14.4 Å². The number of imide groups is 1. The number of aliphatic hydroxyl groups is 3. The number of anilines is 2. The van der Waals surface area contributed by atoms with E-state index in [2.05, 4.69) is 5.32 Å². The predicted octanol–water partition coefficient (Wildman–Crippen LogP) is -2.09. The van der Waals surface area contributed by atoms with Crippen LogP contribution in [-0.4, -0.2) is 70.3 Å². The lowest BCUT2D eigenvalue weighted by Crippen LogP contribution is -2.58. The molecule has 1 heterocycles. The molecule has 11 nitrogen and oxygen atoms in total. The topological polar surface area (TPSA) is 182 Å². The first-order valence-electron chi connectivity index (χ1n) is 8.35.